The van der Waals surface area contributed by atoms with Crippen molar-refractivity contribution in [3.8, 4) is 0 Å². The average Bonchev–Trinajstić information content (AvgIpc) is 3.36. The lowest BCUT2D eigenvalue weighted by Crippen LogP contribution is -2.32. The van der Waals surface area contributed by atoms with Crippen LogP contribution in [0.3, 0.4) is 0 Å². The fourth-order valence-corrected chi connectivity index (χ4v) is 3.75. The Morgan fingerprint density at radius 3 is 2.81 bits per heavy atom. The van der Waals surface area contributed by atoms with Gasteiger partial charge in [0.05, 0.1) is 6.54 Å². The average molecular weight is 373 g/mol. The summed E-state index contributed by atoms with van der Waals surface area (Å²) in [5.74, 6) is 0.675. The van der Waals surface area contributed by atoms with E-state index in [0.717, 1.165) is 18.4 Å². The zero-order valence-corrected chi connectivity index (χ0v) is 15.3. The van der Waals surface area contributed by atoms with Crippen molar-refractivity contribution in [3.63, 3.8) is 0 Å². The minimum atomic E-state index is -1.75. The van der Waals surface area contributed by atoms with Gasteiger partial charge in [0.2, 0.25) is 11.6 Å². The molecular formula is C20H24FN3O3. The molecule has 0 saturated carbocycles. The molecule has 1 amide bonds. The van der Waals surface area contributed by atoms with Gasteiger partial charge in [-0.15, -0.1) is 0 Å². The predicted molar refractivity (Wildman–Crippen MR) is 95.8 cm³/mol. The number of halogens is 1. The van der Waals surface area contributed by atoms with Gasteiger partial charge in [-0.05, 0) is 24.8 Å². The first-order valence-electron chi connectivity index (χ1n) is 9.56. The SMILES string of the molecule is O=C(CCc1ccccc1)N1CCC(F)(c2nc(C3CCOCC3)no2)C1. The Hall–Kier alpha value is -2.28. The fraction of sp³-hybridized carbons (Fsp3) is 0.550. The minimum Gasteiger partial charge on any atom is -0.381 e. The Morgan fingerprint density at radius 2 is 2.04 bits per heavy atom. The molecule has 0 spiro atoms. The molecule has 144 valence electrons. The first kappa shape index (κ1) is 18.1. The van der Waals surface area contributed by atoms with Gasteiger partial charge >= 0.3 is 0 Å². The van der Waals surface area contributed by atoms with Gasteiger partial charge in [-0.25, -0.2) is 4.39 Å². The van der Waals surface area contributed by atoms with Crippen LogP contribution < -0.4 is 0 Å². The summed E-state index contributed by atoms with van der Waals surface area (Å²) in [5, 5.41) is 3.99. The van der Waals surface area contributed by atoms with Gasteiger partial charge < -0.3 is 14.2 Å². The van der Waals surface area contributed by atoms with Crippen LogP contribution >= 0.6 is 0 Å². The van der Waals surface area contributed by atoms with E-state index in [1.165, 1.54) is 0 Å². The molecule has 2 fully saturated rings. The molecule has 0 bridgehead atoms. The highest BCUT2D eigenvalue weighted by molar-refractivity contribution is 5.77. The van der Waals surface area contributed by atoms with Crippen molar-refractivity contribution in [2.75, 3.05) is 26.3 Å². The highest BCUT2D eigenvalue weighted by Crippen LogP contribution is 2.36. The van der Waals surface area contributed by atoms with E-state index in [1.807, 2.05) is 30.3 Å². The third-order valence-corrected chi connectivity index (χ3v) is 5.45. The van der Waals surface area contributed by atoms with Crippen molar-refractivity contribution in [1.29, 1.82) is 0 Å². The third kappa shape index (κ3) is 4.03. The number of rotatable bonds is 5. The van der Waals surface area contributed by atoms with Crippen molar-refractivity contribution >= 4 is 5.91 Å². The van der Waals surface area contributed by atoms with E-state index < -0.39 is 5.67 Å². The molecule has 1 unspecified atom stereocenters. The van der Waals surface area contributed by atoms with E-state index in [2.05, 4.69) is 10.1 Å². The first-order valence-corrected chi connectivity index (χ1v) is 9.56. The van der Waals surface area contributed by atoms with E-state index in [0.29, 0.717) is 38.4 Å². The molecule has 0 radical (unpaired) electrons. The second kappa shape index (κ2) is 7.76. The van der Waals surface area contributed by atoms with Gasteiger partial charge in [0.1, 0.15) is 0 Å². The van der Waals surface area contributed by atoms with Crippen LogP contribution in [0.4, 0.5) is 4.39 Å². The molecular weight excluding hydrogens is 349 g/mol. The van der Waals surface area contributed by atoms with E-state index in [4.69, 9.17) is 9.26 Å². The van der Waals surface area contributed by atoms with Crippen molar-refractivity contribution in [2.24, 2.45) is 0 Å². The van der Waals surface area contributed by atoms with Crippen molar-refractivity contribution < 1.29 is 18.4 Å². The minimum absolute atomic E-state index is 0.00218. The van der Waals surface area contributed by atoms with Crippen LogP contribution in [0.25, 0.3) is 0 Å². The number of alkyl halides is 1. The van der Waals surface area contributed by atoms with Gasteiger partial charge in [0.25, 0.3) is 5.89 Å². The molecule has 0 N–H and O–H groups in total. The van der Waals surface area contributed by atoms with Crippen LogP contribution in [0.15, 0.2) is 34.9 Å². The summed E-state index contributed by atoms with van der Waals surface area (Å²) in [4.78, 5) is 18.4. The number of carbonyl (C=O) groups is 1. The van der Waals surface area contributed by atoms with E-state index in [9.17, 15) is 4.79 Å². The normalized spacial score (nSPS) is 23.7. The van der Waals surface area contributed by atoms with Crippen LogP contribution in [0.2, 0.25) is 0 Å². The molecule has 1 aromatic heterocycles. The molecule has 27 heavy (non-hydrogen) atoms. The maximum atomic E-state index is 15.4. The number of ether oxygens (including phenoxy) is 1. The van der Waals surface area contributed by atoms with E-state index in [-0.39, 0.29) is 30.7 Å². The second-order valence-electron chi connectivity index (χ2n) is 7.36. The molecule has 2 saturated heterocycles. The Morgan fingerprint density at radius 1 is 1.26 bits per heavy atom. The quantitative estimate of drug-likeness (QED) is 0.806. The molecule has 3 heterocycles. The fourth-order valence-electron chi connectivity index (χ4n) is 3.75. The van der Waals surface area contributed by atoms with E-state index >= 15 is 4.39 Å². The number of likely N-dealkylation sites (tertiary alicyclic amines) is 1. The summed E-state index contributed by atoms with van der Waals surface area (Å²) in [6.07, 6.45) is 2.87. The number of hydrogen-bond acceptors (Lipinski definition) is 5. The lowest BCUT2D eigenvalue weighted by molar-refractivity contribution is -0.130. The van der Waals surface area contributed by atoms with Crippen LogP contribution in [-0.4, -0.2) is 47.3 Å². The summed E-state index contributed by atoms with van der Waals surface area (Å²) in [6.45, 7) is 1.69. The standard InChI is InChI=1S/C20H24FN3O3/c21-20(19-22-18(23-27-19)16-8-12-26-13-9-16)10-11-24(14-20)17(25)7-6-15-4-2-1-3-5-15/h1-5,16H,6-14H2. The zero-order valence-electron chi connectivity index (χ0n) is 15.3. The van der Waals surface area contributed by atoms with Crippen LogP contribution in [0, 0.1) is 0 Å². The summed E-state index contributed by atoms with van der Waals surface area (Å²) >= 11 is 0. The lowest BCUT2D eigenvalue weighted by atomic mass is 9.99. The topological polar surface area (TPSA) is 68.5 Å². The summed E-state index contributed by atoms with van der Waals surface area (Å²) in [6, 6.07) is 9.84. The molecule has 2 aromatic rings. The summed E-state index contributed by atoms with van der Waals surface area (Å²) in [5.41, 5.74) is -0.645. The smallest absolute Gasteiger partial charge is 0.266 e. The Bertz CT molecular complexity index is 776. The molecule has 1 atom stereocenters. The molecule has 4 rings (SSSR count). The third-order valence-electron chi connectivity index (χ3n) is 5.45. The number of benzene rings is 1. The predicted octanol–water partition coefficient (Wildman–Crippen LogP) is 2.99. The number of amides is 1. The number of aromatic nitrogens is 2. The van der Waals surface area contributed by atoms with Gasteiger partial charge in [-0.3, -0.25) is 4.79 Å². The van der Waals surface area contributed by atoms with Crippen LogP contribution in [0.1, 0.15) is 48.9 Å². The van der Waals surface area contributed by atoms with Crippen molar-refractivity contribution in [1.82, 2.24) is 15.0 Å². The largest absolute Gasteiger partial charge is 0.381 e. The van der Waals surface area contributed by atoms with Gasteiger partial charge in [-0.2, -0.15) is 4.98 Å². The first-order chi connectivity index (χ1) is 13.1. The molecule has 1 aromatic carbocycles. The Labute approximate surface area is 157 Å². The summed E-state index contributed by atoms with van der Waals surface area (Å²) in [7, 11) is 0. The van der Waals surface area contributed by atoms with Crippen LogP contribution in [0.5, 0.6) is 0 Å². The Kier molecular flexibility index (Phi) is 5.20. The van der Waals surface area contributed by atoms with Crippen molar-refractivity contribution in [2.45, 2.75) is 43.7 Å². The molecule has 0 aliphatic carbocycles. The monoisotopic (exact) mass is 373 g/mol. The molecule has 2 aliphatic heterocycles. The number of carbonyl (C=O) groups excluding carboxylic acids is 1. The molecule has 2 aliphatic rings. The second-order valence-corrected chi connectivity index (χ2v) is 7.36. The van der Waals surface area contributed by atoms with Gasteiger partial charge in [-0.1, -0.05) is 35.5 Å². The van der Waals surface area contributed by atoms with E-state index in [1.54, 1.807) is 4.90 Å². The highest BCUT2D eigenvalue weighted by atomic mass is 19.1. The maximum absolute atomic E-state index is 15.4. The Balaban J connectivity index is 1.36. The lowest BCUT2D eigenvalue weighted by Gasteiger charge is -2.19. The number of aryl methyl sites for hydroxylation is 1. The van der Waals surface area contributed by atoms with Gasteiger partial charge in [0, 0.05) is 38.5 Å². The molecule has 7 heteroatoms. The highest BCUT2D eigenvalue weighted by Gasteiger charge is 2.46. The zero-order chi connectivity index (χ0) is 18.7. The van der Waals surface area contributed by atoms with Crippen molar-refractivity contribution in [3.05, 3.63) is 47.6 Å². The van der Waals surface area contributed by atoms with Gasteiger partial charge in [0.15, 0.2) is 5.82 Å². The van der Waals surface area contributed by atoms with Crippen LogP contribution in [-0.2, 0) is 21.6 Å². The maximum Gasteiger partial charge on any atom is 0.266 e. The molecule has 6 nitrogen and oxygen atoms in total. The number of hydrogen-bond donors (Lipinski definition) is 0. The summed E-state index contributed by atoms with van der Waals surface area (Å²) < 4.78 is 26.0. The number of nitrogens with zero attached hydrogens (tertiary/aromatic N) is 3.